The van der Waals surface area contributed by atoms with Crippen molar-refractivity contribution in [3.8, 4) is 0 Å². The molecule has 2 amide bonds. The van der Waals surface area contributed by atoms with Gasteiger partial charge < -0.3 is 19.5 Å². The van der Waals surface area contributed by atoms with Crippen LogP contribution in [0.4, 0.5) is 11.4 Å². The average molecular weight is 424 g/mol. The molecule has 1 aromatic carbocycles. The molecule has 1 fully saturated rings. The third-order valence-electron chi connectivity index (χ3n) is 5.53. The Labute approximate surface area is 182 Å². The number of rotatable bonds is 7. The smallest absolute Gasteiger partial charge is 0.340 e. The van der Waals surface area contributed by atoms with Crippen LogP contribution in [0.15, 0.2) is 30.3 Å². The van der Waals surface area contributed by atoms with E-state index in [1.165, 1.54) is 6.08 Å². The molecule has 0 unspecified atom stereocenters. The van der Waals surface area contributed by atoms with Crippen LogP contribution in [0.1, 0.15) is 54.0 Å². The summed E-state index contributed by atoms with van der Waals surface area (Å²) in [5, 5.41) is 2.83. The molecule has 0 bridgehead atoms. The fraction of sp³-hybridized carbons (Fsp3) is 0.375. The summed E-state index contributed by atoms with van der Waals surface area (Å²) < 4.78 is 7.24. The van der Waals surface area contributed by atoms with Crippen LogP contribution in [0.3, 0.4) is 0 Å². The van der Waals surface area contributed by atoms with E-state index in [4.69, 9.17) is 4.74 Å². The van der Waals surface area contributed by atoms with Gasteiger partial charge in [0.2, 0.25) is 11.8 Å². The van der Waals surface area contributed by atoms with Gasteiger partial charge in [-0.05, 0) is 58.4 Å². The number of carbonyl (C=O) groups is 3. The lowest BCUT2D eigenvalue weighted by atomic mass is 10.1. The van der Waals surface area contributed by atoms with Crippen molar-refractivity contribution in [2.45, 2.75) is 47.1 Å². The Bertz CT molecular complexity index is 1040. The van der Waals surface area contributed by atoms with E-state index in [9.17, 15) is 14.4 Å². The van der Waals surface area contributed by atoms with Crippen LogP contribution >= 0.6 is 0 Å². The van der Waals surface area contributed by atoms with Crippen LogP contribution < -0.4 is 10.2 Å². The SMILES string of the molecule is CCOC(=O)c1c(/C=C/C(=O)Nc2cccc(N3CCCC3=O)c2)c(C)n(CC)c1C. The van der Waals surface area contributed by atoms with Gasteiger partial charge in [-0.1, -0.05) is 6.07 Å². The Balaban J connectivity index is 1.80. The van der Waals surface area contributed by atoms with E-state index in [0.29, 0.717) is 36.3 Å². The number of benzene rings is 1. The van der Waals surface area contributed by atoms with Gasteiger partial charge in [-0.3, -0.25) is 9.59 Å². The molecule has 1 saturated heterocycles. The molecule has 3 rings (SSSR count). The molecule has 0 saturated carbocycles. The van der Waals surface area contributed by atoms with Crippen molar-refractivity contribution < 1.29 is 19.1 Å². The summed E-state index contributed by atoms with van der Waals surface area (Å²) in [6.45, 7) is 9.27. The second-order valence-corrected chi connectivity index (χ2v) is 7.45. The first-order chi connectivity index (χ1) is 14.9. The van der Waals surface area contributed by atoms with E-state index in [1.807, 2.05) is 37.5 Å². The molecule has 2 heterocycles. The molecular weight excluding hydrogens is 394 g/mol. The maximum absolute atomic E-state index is 12.6. The number of amides is 2. The second-order valence-electron chi connectivity index (χ2n) is 7.45. The third-order valence-corrected chi connectivity index (χ3v) is 5.53. The van der Waals surface area contributed by atoms with Crippen LogP contribution in [0.25, 0.3) is 6.08 Å². The predicted octanol–water partition coefficient (Wildman–Crippen LogP) is 4.08. The largest absolute Gasteiger partial charge is 0.462 e. The topological polar surface area (TPSA) is 80.6 Å². The van der Waals surface area contributed by atoms with Gasteiger partial charge in [0.05, 0.1) is 12.2 Å². The number of nitrogens with one attached hydrogen (secondary N) is 1. The number of nitrogens with zero attached hydrogens (tertiary/aromatic N) is 2. The molecule has 0 spiro atoms. The standard InChI is InChI=1S/C24H29N3O4/c1-5-26-16(3)20(23(17(26)4)24(30)31-6-2)12-13-21(28)25-18-9-7-10-19(15-18)27-14-8-11-22(27)29/h7,9-10,12-13,15H,5-6,8,11,14H2,1-4H3,(H,25,28)/b13-12+. The van der Waals surface area contributed by atoms with E-state index in [1.54, 1.807) is 30.0 Å². The lowest BCUT2D eigenvalue weighted by Crippen LogP contribution is -2.23. The number of ether oxygens (including phenoxy) is 1. The molecule has 1 aliphatic rings. The van der Waals surface area contributed by atoms with Gasteiger partial charge in [0.25, 0.3) is 0 Å². The highest BCUT2D eigenvalue weighted by Gasteiger charge is 2.23. The molecular formula is C24H29N3O4. The van der Waals surface area contributed by atoms with Crippen molar-refractivity contribution in [2.75, 3.05) is 23.4 Å². The van der Waals surface area contributed by atoms with Gasteiger partial charge >= 0.3 is 5.97 Å². The summed E-state index contributed by atoms with van der Waals surface area (Å²) in [7, 11) is 0. The van der Waals surface area contributed by atoms with E-state index < -0.39 is 5.97 Å². The molecule has 1 aromatic heterocycles. The molecule has 1 N–H and O–H groups in total. The van der Waals surface area contributed by atoms with Gasteiger partial charge in [0.15, 0.2) is 0 Å². The monoisotopic (exact) mass is 423 g/mol. The molecule has 2 aromatic rings. The van der Waals surface area contributed by atoms with E-state index in [2.05, 4.69) is 5.32 Å². The summed E-state index contributed by atoms with van der Waals surface area (Å²) in [4.78, 5) is 38.8. The van der Waals surface area contributed by atoms with Crippen molar-refractivity contribution in [3.05, 3.63) is 52.9 Å². The van der Waals surface area contributed by atoms with Gasteiger partial charge in [-0.25, -0.2) is 4.79 Å². The van der Waals surface area contributed by atoms with Crippen LogP contribution in [-0.2, 0) is 20.9 Å². The lowest BCUT2D eigenvalue weighted by molar-refractivity contribution is -0.117. The van der Waals surface area contributed by atoms with Crippen molar-refractivity contribution in [3.63, 3.8) is 0 Å². The molecule has 0 atom stereocenters. The van der Waals surface area contributed by atoms with Gasteiger partial charge in [0, 0.05) is 53.9 Å². The third kappa shape index (κ3) is 4.71. The fourth-order valence-corrected chi connectivity index (χ4v) is 4.06. The summed E-state index contributed by atoms with van der Waals surface area (Å²) in [6, 6.07) is 7.25. The first-order valence-electron chi connectivity index (χ1n) is 10.6. The van der Waals surface area contributed by atoms with Gasteiger partial charge in [-0.15, -0.1) is 0 Å². The summed E-state index contributed by atoms with van der Waals surface area (Å²) in [5.41, 5.74) is 4.28. The van der Waals surface area contributed by atoms with Crippen LogP contribution in [0.2, 0.25) is 0 Å². The zero-order valence-electron chi connectivity index (χ0n) is 18.5. The number of hydrogen-bond donors (Lipinski definition) is 1. The highest BCUT2D eigenvalue weighted by molar-refractivity contribution is 6.04. The molecule has 0 aliphatic carbocycles. The minimum Gasteiger partial charge on any atom is -0.462 e. The normalized spacial score (nSPS) is 13.8. The molecule has 164 valence electrons. The summed E-state index contributed by atoms with van der Waals surface area (Å²) in [5.74, 6) is -0.611. The zero-order chi connectivity index (χ0) is 22.5. The van der Waals surface area contributed by atoms with Crippen LogP contribution in [0.5, 0.6) is 0 Å². The van der Waals surface area contributed by atoms with Crippen molar-refractivity contribution in [2.24, 2.45) is 0 Å². The number of esters is 1. The molecule has 1 aliphatic heterocycles. The highest BCUT2D eigenvalue weighted by atomic mass is 16.5. The van der Waals surface area contributed by atoms with Crippen LogP contribution in [-0.4, -0.2) is 35.5 Å². The number of aromatic nitrogens is 1. The summed E-state index contributed by atoms with van der Waals surface area (Å²) >= 11 is 0. The molecule has 7 nitrogen and oxygen atoms in total. The van der Waals surface area contributed by atoms with E-state index >= 15 is 0 Å². The number of hydrogen-bond acceptors (Lipinski definition) is 4. The minimum absolute atomic E-state index is 0.0983. The van der Waals surface area contributed by atoms with Gasteiger partial charge in [-0.2, -0.15) is 0 Å². The second kappa shape index (κ2) is 9.64. The highest BCUT2D eigenvalue weighted by Crippen LogP contribution is 2.26. The Morgan fingerprint density at radius 1 is 1.19 bits per heavy atom. The average Bonchev–Trinajstić information content (AvgIpc) is 3.27. The first-order valence-corrected chi connectivity index (χ1v) is 10.6. The number of carbonyl (C=O) groups excluding carboxylic acids is 3. The van der Waals surface area contributed by atoms with E-state index in [-0.39, 0.29) is 18.4 Å². The van der Waals surface area contributed by atoms with E-state index in [0.717, 1.165) is 23.5 Å². The zero-order valence-corrected chi connectivity index (χ0v) is 18.5. The Morgan fingerprint density at radius 2 is 1.97 bits per heavy atom. The molecule has 31 heavy (non-hydrogen) atoms. The quantitative estimate of drug-likeness (QED) is 0.537. The van der Waals surface area contributed by atoms with Gasteiger partial charge in [0.1, 0.15) is 0 Å². The Kier molecular flexibility index (Phi) is 6.95. The fourth-order valence-electron chi connectivity index (χ4n) is 4.06. The van der Waals surface area contributed by atoms with Crippen molar-refractivity contribution in [1.29, 1.82) is 0 Å². The number of anilines is 2. The summed E-state index contributed by atoms with van der Waals surface area (Å²) in [6.07, 6.45) is 4.47. The Morgan fingerprint density at radius 3 is 2.61 bits per heavy atom. The maximum atomic E-state index is 12.6. The van der Waals surface area contributed by atoms with Crippen molar-refractivity contribution in [1.82, 2.24) is 4.57 Å². The lowest BCUT2D eigenvalue weighted by Gasteiger charge is -2.16. The molecule has 7 heteroatoms. The first kappa shape index (κ1) is 22.3. The predicted molar refractivity (Wildman–Crippen MR) is 121 cm³/mol. The maximum Gasteiger partial charge on any atom is 0.340 e. The molecule has 0 radical (unpaired) electrons. The van der Waals surface area contributed by atoms with Crippen LogP contribution in [0, 0.1) is 13.8 Å². The van der Waals surface area contributed by atoms with Crippen molar-refractivity contribution >= 4 is 35.2 Å². The minimum atomic E-state index is -0.390. The Hall–Kier alpha value is -3.35.